The molecule has 3 nitrogen and oxygen atoms in total. The van der Waals surface area contributed by atoms with Crippen LogP contribution in [0.4, 0.5) is 0 Å². The van der Waals surface area contributed by atoms with E-state index in [1.54, 1.807) is 0 Å². The lowest BCUT2D eigenvalue weighted by Gasteiger charge is -1.93. The van der Waals surface area contributed by atoms with Crippen LogP contribution in [0.2, 0.25) is 0 Å². The van der Waals surface area contributed by atoms with Crippen LogP contribution in [0.3, 0.4) is 0 Å². The summed E-state index contributed by atoms with van der Waals surface area (Å²) in [4.78, 5) is 0. The molecular formula is C10H15N3. The first kappa shape index (κ1) is 8.51. The van der Waals surface area contributed by atoms with Crippen molar-refractivity contribution in [3.63, 3.8) is 0 Å². The highest BCUT2D eigenvalue weighted by Crippen LogP contribution is 2.18. The molecule has 3 heteroatoms. The van der Waals surface area contributed by atoms with Crippen molar-refractivity contribution >= 4 is 6.08 Å². The first-order valence-corrected chi connectivity index (χ1v) is 4.73. The molecule has 0 radical (unpaired) electrons. The highest BCUT2D eigenvalue weighted by atomic mass is 15.2. The molecule has 0 aliphatic heterocycles. The summed E-state index contributed by atoms with van der Waals surface area (Å²) in [5, 5.41) is 7.51. The quantitative estimate of drug-likeness (QED) is 0.748. The molecule has 1 aliphatic carbocycles. The Morgan fingerprint density at radius 3 is 3.15 bits per heavy atom. The molecule has 0 atom stereocenters. The zero-order valence-corrected chi connectivity index (χ0v) is 7.90. The Labute approximate surface area is 78.4 Å². The van der Waals surface area contributed by atoms with E-state index in [0.717, 1.165) is 12.6 Å². The van der Waals surface area contributed by atoms with Gasteiger partial charge in [-0.3, -0.25) is 4.68 Å². The Balaban J connectivity index is 1.75. The highest BCUT2D eigenvalue weighted by Gasteiger charge is 2.18. The Kier molecular flexibility index (Phi) is 2.45. The maximum Gasteiger partial charge on any atom is 0.0562 e. The van der Waals surface area contributed by atoms with Crippen molar-refractivity contribution in [1.82, 2.24) is 15.1 Å². The third kappa shape index (κ3) is 2.70. The number of hydrogen-bond acceptors (Lipinski definition) is 2. The SMILES string of the molecule is Cn1cc(C=CCNC2CC2)cn1. The summed E-state index contributed by atoms with van der Waals surface area (Å²) in [6, 6.07) is 0.790. The van der Waals surface area contributed by atoms with Gasteiger partial charge in [-0.05, 0) is 12.8 Å². The Hall–Kier alpha value is -1.09. The summed E-state index contributed by atoms with van der Waals surface area (Å²) in [5.41, 5.74) is 1.17. The fourth-order valence-electron chi connectivity index (χ4n) is 1.24. The minimum Gasteiger partial charge on any atom is -0.311 e. The van der Waals surface area contributed by atoms with Gasteiger partial charge in [0.05, 0.1) is 6.20 Å². The summed E-state index contributed by atoms with van der Waals surface area (Å²) >= 11 is 0. The van der Waals surface area contributed by atoms with Crippen LogP contribution in [0.1, 0.15) is 18.4 Å². The lowest BCUT2D eigenvalue weighted by molar-refractivity contribution is 0.754. The van der Waals surface area contributed by atoms with E-state index in [9.17, 15) is 0 Å². The van der Waals surface area contributed by atoms with Crippen molar-refractivity contribution in [3.05, 3.63) is 24.0 Å². The number of nitrogens with one attached hydrogen (secondary N) is 1. The molecule has 0 amide bonds. The largest absolute Gasteiger partial charge is 0.311 e. The first-order valence-electron chi connectivity index (χ1n) is 4.73. The predicted molar refractivity (Wildman–Crippen MR) is 53.3 cm³/mol. The topological polar surface area (TPSA) is 29.9 Å². The van der Waals surface area contributed by atoms with Crippen LogP contribution >= 0.6 is 0 Å². The molecule has 1 aromatic rings. The Bertz CT molecular complexity index is 297. The third-order valence-electron chi connectivity index (χ3n) is 2.14. The predicted octanol–water partition coefficient (Wildman–Crippen LogP) is 1.19. The smallest absolute Gasteiger partial charge is 0.0562 e. The molecular weight excluding hydrogens is 162 g/mol. The van der Waals surface area contributed by atoms with Crippen molar-refractivity contribution < 1.29 is 0 Å². The van der Waals surface area contributed by atoms with Crippen molar-refractivity contribution in [2.75, 3.05) is 6.54 Å². The second-order valence-corrected chi connectivity index (χ2v) is 3.53. The molecule has 1 N–H and O–H groups in total. The lowest BCUT2D eigenvalue weighted by atomic mass is 10.3. The van der Waals surface area contributed by atoms with Crippen LogP contribution in [0.25, 0.3) is 6.08 Å². The van der Waals surface area contributed by atoms with E-state index < -0.39 is 0 Å². The van der Waals surface area contributed by atoms with Gasteiger partial charge in [0.1, 0.15) is 0 Å². The summed E-state index contributed by atoms with van der Waals surface area (Å²) in [7, 11) is 1.93. The fourth-order valence-corrected chi connectivity index (χ4v) is 1.24. The molecule has 0 spiro atoms. The monoisotopic (exact) mass is 177 g/mol. The van der Waals surface area contributed by atoms with Gasteiger partial charge in [-0.2, -0.15) is 5.10 Å². The number of aromatic nitrogens is 2. The summed E-state index contributed by atoms with van der Waals surface area (Å²) < 4.78 is 1.81. The average molecular weight is 177 g/mol. The van der Waals surface area contributed by atoms with E-state index in [2.05, 4.69) is 22.6 Å². The first-order chi connectivity index (χ1) is 6.34. The Morgan fingerprint density at radius 2 is 2.54 bits per heavy atom. The molecule has 1 aliphatic rings. The second-order valence-electron chi connectivity index (χ2n) is 3.53. The molecule has 1 fully saturated rings. The van der Waals surface area contributed by atoms with E-state index in [-0.39, 0.29) is 0 Å². The van der Waals surface area contributed by atoms with E-state index in [4.69, 9.17) is 0 Å². The average Bonchev–Trinajstić information content (AvgIpc) is 2.84. The third-order valence-corrected chi connectivity index (χ3v) is 2.14. The van der Waals surface area contributed by atoms with Gasteiger partial charge in [0, 0.05) is 31.4 Å². The molecule has 2 rings (SSSR count). The van der Waals surface area contributed by atoms with Gasteiger partial charge in [-0.15, -0.1) is 0 Å². The maximum absolute atomic E-state index is 4.09. The summed E-state index contributed by atoms with van der Waals surface area (Å²) in [6.45, 7) is 0.972. The van der Waals surface area contributed by atoms with Gasteiger partial charge in [-0.1, -0.05) is 12.2 Å². The van der Waals surface area contributed by atoms with Crippen LogP contribution in [-0.2, 0) is 7.05 Å². The summed E-state index contributed by atoms with van der Waals surface area (Å²) in [5.74, 6) is 0. The van der Waals surface area contributed by atoms with Crippen LogP contribution in [0.5, 0.6) is 0 Å². The highest BCUT2D eigenvalue weighted by molar-refractivity contribution is 5.46. The van der Waals surface area contributed by atoms with Gasteiger partial charge >= 0.3 is 0 Å². The standard InChI is InChI=1S/C10H15N3/c1-13-8-9(7-12-13)3-2-6-11-10-4-5-10/h2-3,7-8,10-11H,4-6H2,1H3. The molecule has 0 bridgehead atoms. The normalized spacial score (nSPS) is 17.0. The summed E-state index contributed by atoms with van der Waals surface area (Å²) in [6.07, 6.45) is 10.8. The zero-order valence-electron chi connectivity index (χ0n) is 7.90. The molecule has 70 valence electrons. The van der Waals surface area contributed by atoms with Crippen molar-refractivity contribution in [1.29, 1.82) is 0 Å². The van der Waals surface area contributed by atoms with Gasteiger partial charge < -0.3 is 5.32 Å². The zero-order chi connectivity index (χ0) is 9.10. The van der Waals surface area contributed by atoms with Crippen molar-refractivity contribution in [3.8, 4) is 0 Å². The minimum absolute atomic E-state index is 0.790. The fraction of sp³-hybridized carbons (Fsp3) is 0.500. The van der Waals surface area contributed by atoms with E-state index in [1.165, 1.54) is 18.4 Å². The lowest BCUT2D eigenvalue weighted by Crippen LogP contribution is -2.15. The van der Waals surface area contributed by atoms with Gasteiger partial charge in [0.2, 0.25) is 0 Å². The molecule has 1 saturated carbocycles. The van der Waals surface area contributed by atoms with Gasteiger partial charge in [0.25, 0.3) is 0 Å². The minimum atomic E-state index is 0.790. The molecule has 1 heterocycles. The molecule has 13 heavy (non-hydrogen) atoms. The van der Waals surface area contributed by atoms with Crippen LogP contribution in [-0.4, -0.2) is 22.4 Å². The van der Waals surface area contributed by atoms with Gasteiger partial charge in [-0.25, -0.2) is 0 Å². The number of rotatable bonds is 4. The van der Waals surface area contributed by atoms with Crippen LogP contribution in [0.15, 0.2) is 18.5 Å². The van der Waals surface area contributed by atoms with Crippen molar-refractivity contribution in [2.45, 2.75) is 18.9 Å². The molecule has 0 aromatic carbocycles. The maximum atomic E-state index is 4.09. The molecule has 1 aromatic heterocycles. The van der Waals surface area contributed by atoms with Crippen LogP contribution < -0.4 is 5.32 Å². The van der Waals surface area contributed by atoms with Gasteiger partial charge in [0.15, 0.2) is 0 Å². The van der Waals surface area contributed by atoms with Crippen LogP contribution in [0, 0.1) is 0 Å². The molecule has 0 unspecified atom stereocenters. The van der Waals surface area contributed by atoms with E-state index in [1.807, 2.05) is 24.1 Å². The number of hydrogen-bond donors (Lipinski definition) is 1. The van der Waals surface area contributed by atoms with E-state index in [0.29, 0.717) is 0 Å². The second kappa shape index (κ2) is 3.75. The Morgan fingerprint density at radius 1 is 1.69 bits per heavy atom. The van der Waals surface area contributed by atoms with E-state index >= 15 is 0 Å². The number of nitrogens with zero attached hydrogens (tertiary/aromatic N) is 2. The molecule has 0 saturated heterocycles. The van der Waals surface area contributed by atoms with Crippen molar-refractivity contribution in [2.24, 2.45) is 7.05 Å². The number of aryl methyl sites for hydroxylation is 1.